The summed E-state index contributed by atoms with van der Waals surface area (Å²) >= 11 is 0. The molecule has 0 saturated heterocycles. The lowest BCUT2D eigenvalue weighted by atomic mass is 10.2. The number of aryl methyl sites for hydroxylation is 1. The Bertz CT molecular complexity index is 770. The summed E-state index contributed by atoms with van der Waals surface area (Å²) < 4.78 is 0. The summed E-state index contributed by atoms with van der Waals surface area (Å²) in [5, 5.41) is 11.4. The first-order valence-corrected chi connectivity index (χ1v) is 6.52. The number of phenols is 1. The van der Waals surface area contributed by atoms with E-state index in [0.717, 1.165) is 10.9 Å². The van der Waals surface area contributed by atoms with E-state index >= 15 is 0 Å². The second-order valence-corrected chi connectivity index (χ2v) is 4.82. The number of H-pyrrole nitrogens is 2. The Morgan fingerprint density at radius 3 is 2.05 bits per heavy atom. The Balaban J connectivity index is 0.000000121. The second-order valence-electron chi connectivity index (χ2n) is 4.82. The van der Waals surface area contributed by atoms with E-state index in [1.165, 1.54) is 16.5 Å². The van der Waals surface area contributed by atoms with E-state index in [2.05, 4.69) is 41.2 Å². The fourth-order valence-corrected chi connectivity index (χ4v) is 2.20. The van der Waals surface area contributed by atoms with Crippen molar-refractivity contribution in [3.63, 3.8) is 0 Å². The predicted octanol–water partition coefficient (Wildman–Crippen LogP) is 4.35. The Labute approximate surface area is 116 Å². The van der Waals surface area contributed by atoms with Crippen LogP contribution in [0, 0.1) is 6.92 Å². The van der Waals surface area contributed by atoms with E-state index in [0.29, 0.717) is 5.75 Å². The minimum absolute atomic E-state index is 0.301. The molecule has 0 unspecified atom stereocenters. The molecule has 3 heteroatoms. The van der Waals surface area contributed by atoms with Crippen LogP contribution in [-0.4, -0.2) is 15.1 Å². The van der Waals surface area contributed by atoms with Gasteiger partial charge >= 0.3 is 0 Å². The van der Waals surface area contributed by atoms with Crippen LogP contribution in [0.1, 0.15) is 5.56 Å². The summed E-state index contributed by atoms with van der Waals surface area (Å²) in [6.45, 7) is 2.10. The van der Waals surface area contributed by atoms with Gasteiger partial charge in [0.25, 0.3) is 0 Å². The van der Waals surface area contributed by atoms with Gasteiger partial charge in [0.1, 0.15) is 5.75 Å². The van der Waals surface area contributed by atoms with Crippen LogP contribution in [0.15, 0.2) is 60.9 Å². The minimum atomic E-state index is 0.301. The third kappa shape index (κ3) is 2.52. The zero-order chi connectivity index (χ0) is 13.9. The van der Waals surface area contributed by atoms with Crippen molar-refractivity contribution in [2.24, 2.45) is 0 Å². The van der Waals surface area contributed by atoms with E-state index in [-0.39, 0.29) is 0 Å². The van der Waals surface area contributed by atoms with E-state index in [1.54, 1.807) is 12.1 Å². The first-order valence-electron chi connectivity index (χ1n) is 6.52. The van der Waals surface area contributed by atoms with Gasteiger partial charge < -0.3 is 15.1 Å². The maximum absolute atomic E-state index is 9.03. The molecule has 0 aliphatic carbocycles. The van der Waals surface area contributed by atoms with Gasteiger partial charge in [-0.05, 0) is 53.6 Å². The van der Waals surface area contributed by atoms with Crippen molar-refractivity contribution in [1.29, 1.82) is 0 Å². The van der Waals surface area contributed by atoms with Crippen LogP contribution in [0.3, 0.4) is 0 Å². The number of fused-ring (bicyclic) bond motifs is 2. The minimum Gasteiger partial charge on any atom is -0.508 e. The molecule has 0 aliphatic rings. The molecule has 0 atom stereocenters. The van der Waals surface area contributed by atoms with Gasteiger partial charge in [0.05, 0.1) is 0 Å². The number of nitrogens with one attached hydrogen (secondary N) is 2. The smallest absolute Gasteiger partial charge is 0.117 e. The molecule has 100 valence electrons. The van der Waals surface area contributed by atoms with Crippen LogP contribution >= 0.6 is 0 Å². The Hall–Kier alpha value is -2.68. The summed E-state index contributed by atoms with van der Waals surface area (Å²) in [6, 6.07) is 15.7. The summed E-state index contributed by atoms with van der Waals surface area (Å²) in [7, 11) is 0. The molecule has 2 aromatic carbocycles. The van der Waals surface area contributed by atoms with E-state index < -0.39 is 0 Å². The molecule has 4 aromatic rings. The first-order chi connectivity index (χ1) is 9.72. The topological polar surface area (TPSA) is 51.8 Å². The van der Waals surface area contributed by atoms with Crippen LogP contribution in [0.2, 0.25) is 0 Å². The number of phenolic OH excluding ortho intramolecular Hbond substituents is 1. The molecular weight excluding hydrogens is 248 g/mol. The van der Waals surface area contributed by atoms with Crippen molar-refractivity contribution >= 4 is 21.8 Å². The van der Waals surface area contributed by atoms with Crippen molar-refractivity contribution in [1.82, 2.24) is 9.97 Å². The summed E-state index contributed by atoms with van der Waals surface area (Å²) in [4.78, 5) is 6.16. The maximum Gasteiger partial charge on any atom is 0.117 e. The quantitative estimate of drug-likeness (QED) is 0.434. The van der Waals surface area contributed by atoms with Crippen molar-refractivity contribution in [3.05, 3.63) is 66.5 Å². The Morgan fingerprint density at radius 2 is 1.35 bits per heavy atom. The van der Waals surface area contributed by atoms with Crippen molar-refractivity contribution in [2.75, 3.05) is 0 Å². The van der Waals surface area contributed by atoms with Gasteiger partial charge in [-0.2, -0.15) is 0 Å². The number of aromatic nitrogens is 2. The molecular formula is C17H16N2O. The number of aromatic amines is 2. The fraction of sp³-hybridized carbons (Fsp3) is 0.0588. The largest absolute Gasteiger partial charge is 0.508 e. The molecule has 0 radical (unpaired) electrons. The molecule has 2 aromatic heterocycles. The number of hydrogen-bond acceptors (Lipinski definition) is 1. The second kappa shape index (κ2) is 5.13. The molecule has 0 spiro atoms. The highest BCUT2D eigenvalue weighted by Crippen LogP contribution is 2.17. The van der Waals surface area contributed by atoms with E-state index in [9.17, 15) is 0 Å². The van der Waals surface area contributed by atoms with Crippen molar-refractivity contribution in [2.45, 2.75) is 6.92 Å². The lowest BCUT2D eigenvalue weighted by molar-refractivity contribution is 0.476. The fourth-order valence-electron chi connectivity index (χ4n) is 2.20. The van der Waals surface area contributed by atoms with Gasteiger partial charge in [-0.25, -0.2) is 0 Å². The first kappa shape index (κ1) is 12.4. The van der Waals surface area contributed by atoms with Gasteiger partial charge in [0.15, 0.2) is 0 Å². The standard InChI is InChI=1S/C9H9N.C8H7NO/c1-7-2-3-8-4-5-10-9(8)6-7;10-7-2-1-6-3-4-9-8(6)5-7/h2-6,10H,1H3;1-5,9-10H. The van der Waals surface area contributed by atoms with Crippen LogP contribution in [0.5, 0.6) is 5.75 Å². The normalized spacial score (nSPS) is 10.4. The van der Waals surface area contributed by atoms with Crippen molar-refractivity contribution in [3.8, 4) is 5.75 Å². The van der Waals surface area contributed by atoms with Gasteiger partial charge in [-0.1, -0.05) is 12.1 Å². The molecule has 3 N–H and O–H groups in total. The average Bonchev–Trinajstić information content (AvgIpc) is 3.06. The number of aromatic hydroxyl groups is 1. The van der Waals surface area contributed by atoms with Gasteiger partial charge in [0.2, 0.25) is 0 Å². The molecule has 0 amide bonds. The monoisotopic (exact) mass is 264 g/mol. The Kier molecular flexibility index (Phi) is 3.17. The highest BCUT2D eigenvalue weighted by atomic mass is 16.3. The average molecular weight is 264 g/mol. The zero-order valence-electron chi connectivity index (χ0n) is 11.2. The molecule has 0 bridgehead atoms. The third-order valence-corrected chi connectivity index (χ3v) is 3.25. The molecule has 0 saturated carbocycles. The Morgan fingerprint density at radius 1 is 0.750 bits per heavy atom. The van der Waals surface area contributed by atoms with E-state index in [1.807, 2.05) is 24.5 Å². The molecule has 20 heavy (non-hydrogen) atoms. The van der Waals surface area contributed by atoms with Crippen LogP contribution in [0.25, 0.3) is 21.8 Å². The van der Waals surface area contributed by atoms with E-state index in [4.69, 9.17) is 5.11 Å². The summed E-state index contributed by atoms with van der Waals surface area (Å²) in [5.41, 5.74) is 3.50. The lowest BCUT2D eigenvalue weighted by Gasteiger charge is -1.90. The summed E-state index contributed by atoms with van der Waals surface area (Å²) in [5.74, 6) is 0.301. The van der Waals surface area contributed by atoms with Crippen LogP contribution in [0.4, 0.5) is 0 Å². The van der Waals surface area contributed by atoms with Gasteiger partial charge in [-0.15, -0.1) is 0 Å². The highest BCUT2D eigenvalue weighted by molar-refractivity contribution is 5.80. The van der Waals surface area contributed by atoms with Crippen LogP contribution in [-0.2, 0) is 0 Å². The number of rotatable bonds is 0. The zero-order valence-corrected chi connectivity index (χ0v) is 11.2. The molecule has 2 heterocycles. The third-order valence-electron chi connectivity index (χ3n) is 3.25. The van der Waals surface area contributed by atoms with Crippen molar-refractivity contribution < 1.29 is 5.11 Å². The maximum atomic E-state index is 9.03. The number of hydrogen-bond donors (Lipinski definition) is 3. The lowest BCUT2D eigenvalue weighted by Crippen LogP contribution is -1.70. The molecule has 3 nitrogen and oxygen atoms in total. The predicted molar refractivity (Wildman–Crippen MR) is 83.0 cm³/mol. The molecule has 0 aliphatic heterocycles. The highest BCUT2D eigenvalue weighted by Gasteiger charge is 1.93. The molecule has 0 fully saturated rings. The molecule has 4 rings (SSSR count). The van der Waals surface area contributed by atoms with Gasteiger partial charge in [0, 0.05) is 29.5 Å². The van der Waals surface area contributed by atoms with Gasteiger partial charge in [-0.3, -0.25) is 0 Å². The van der Waals surface area contributed by atoms with Crippen LogP contribution < -0.4 is 0 Å². The number of benzene rings is 2. The summed E-state index contributed by atoms with van der Waals surface area (Å²) in [6.07, 6.45) is 3.81. The SMILES string of the molecule is Cc1ccc2cc[nH]c2c1.Oc1ccc2cc[nH]c2c1.